The number of piperazine rings is 2. The number of methoxy groups -OCH3 is 1. The number of likely N-dealkylation sites (N-methyl/N-ethyl adjacent to an activating group) is 1. The fourth-order valence-corrected chi connectivity index (χ4v) is 9.06. The van der Waals surface area contributed by atoms with E-state index in [-0.39, 0.29) is 15.4 Å². The monoisotopic (exact) mass is 679 g/mol. The number of amides is 1. The molecule has 0 spiro atoms. The highest BCUT2D eigenvalue weighted by molar-refractivity contribution is 7.91. The Bertz CT molecular complexity index is 1820. The Morgan fingerprint density at radius 3 is 2.43 bits per heavy atom. The van der Waals surface area contributed by atoms with Crippen LogP contribution in [0.1, 0.15) is 12.6 Å². The number of hydrogen-bond donors (Lipinski definition) is 2. The lowest BCUT2D eigenvalue weighted by atomic mass is 10.0. The minimum absolute atomic E-state index is 0.0541. The van der Waals surface area contributed by atoms with Crippen molar-refractivity contribution < 1.29 is 17.9 Å². The zero-order chi connectivity index (χ0) is 33.1. The average Bonchev–Trinajstić information content (AvgIpc) is 3.45. The smallest absolute Gasteiger partial charge is 0.413 e. The molecule has 2 aromatic carbocycles. The van der Waals surface area contributed by atoms with Gasteiger partial charge in [-0.15, -0.1) is 0 Å². The molecule has 2 fully saturated rings. The predicted octanol–water partition coefficient (Wildman–Crippen LogP) is 3.80. The summed E-state index contributed by atoms with van der Waals surface area (Å²) in [6.07, 6.45) is 0.914. The number of nitrogens with one attached hydrogen (secondary N) is 2. The number of fused-ring (bicyclic) bond motifs is 1. The van der Waals surface area contributed by atoms with Crippen LogP contribution in [-0.2, 0) is 14.8 Å². The molecule has 1 atom stereocenters. The van der Waals surface area contributed by atoms with Gasteiger partial charge in [-0.2, -0.15) is 4.31 Å². The molecule has 13 nitrogen and oxygen atoms in total. The molecular formula is C32H41N9O4S2. The molecule has 2 aromatic heterocycles. The first-order valence-corrected chi connectivity index (χ1v) is 18.0. The Morgan fingerprint density at radius 1 is 1.00 bits per heavy atom. The molecule has 2 saturated heterocycles. The largest absolute Gasteiger partial charge is 0.453 e. The van der Waals surface area contributed by atoms with E-state index in [1.807, 2.05) is 12.1 Å². The van der Waals surface area contributed by atoms with Gasteiger partial charge in [0.05, 0.1) is 18.3 Å². The standard InChI is InChI=1S/C32H41N9O4S2/c1-22(20-39-14-18-41(19-15-39)47(43,44)30-23(2)36-31(46-30)37-32(42)45-4)35-29-27-7-5-6-26(28(27)33-21-34-29)24-8-10-25(11-9-24)40-16-12-38(3)13-17-40/h5-11,21-22H,12-20H2,1-4H3,(H,33,34,35)(H,36,37,42). The molecule has 2 aliphatic heterocycles. The van der Waals surface area contributed by atoms with Crippen LogP contribution >= 0.6 is 11.3 Å². The number of para-hydroxylation sites is 1. The second-order valence-corrected chi connectivity index (χ2v) is 15.2. The van der Waals surface area contributed by atoms with Crippen molar-refractivity contribution in [3.63, 3.8) is 0 Å². The van der Waals surface area contributed by atoms with Gasteiger partial charge in [-0.25, -0.2) is 28.2 Å². The maximum atomic E-state index is 13.4. The molecule has 6 rings (SSSR count). The van der Waals surface area contributed by atoms with Crippen LogP contribution in [0.15, 0.2) is 53.0 Å². The number of ether oxygens (including phenoxy) is 1. The molecule has 2 aliphatic rings. The summed E-state index contributed by atoms with van der Waals surface area (Å²) in [5.41, 5.74) is 4.67. The second-order valence-electron chi connectivity index (χ2n) is 12.0. The maximum Gasteiger partial charge on any atom is 0.413 e. The first-order valence-electron chi connectivity index (χ1n) is 15.7. The minimum atomic E-state index is -3.74. The van der Waals surface area contributed by atoms with E-state index in [1.165, 1.54) is 17.1 Å². The SMILES string of the molecule is COC(=O)Nc1nc(C)c(S(=O)(=O)N2CCN(CC(C)Nc3ncnc4c(-c5ccc(N6CCN(C)CC6)cc5)cccc34)CC2)s1. The van der Waals surface area contributed by atoms with Crippen molar-refractivity contribution in [2.24, 2.45) is 0 Å². The van der Waals surface area contributed by atoms with Crippen LogP contribution in [0.2, 0.25) is 0 Å². The van der Waals surface area contributed by atoms with E-state index in [0.29, 0.717) is 31.9 Å². The molecule has 47 heavy (non-hydrogen) atoms. The maximum absolute atomic E-state index is 13.4. The molecule has 0 aliphatic carbocycles. The Hall–Kier alpha value is -3.89. The highest BCUT2D eigenvalue weighted by atomic mass is 32.2. The Labute approximate surface area is 279 Å². The first-order chi connectivity index (χ1) is 22.6. The number of benzene rings is 2. The first kappa shape index (κ1) is 33.0. The summed E-state index contributed by atoms with van der Waals surface area (Å²) in [6, 6.07) is 15.0. The fourth-order valence-electron chi connectivity index (χ4n) is 6.10. The van der Waals surface area contributed by atoms with E-state index >= 15 is 0 Å². The van der Waals surface area contributed by atoms with Crippen LogP contribution in [-0.4, -0.2) is 123 Å². The van der Waals surface area contributed by atoms with Crippen LogP contribution in [0.4, 0.5) is 21.4 Å². The van der Waals surface area contributed by atoms with Gasteiger partial charge in [-0.1, -0.05) is 35.6 Å². The lowest BCUT2D eigenvalue weighted by Gasteiger charge is -2.35. The molecule has 0 radical (unpaired) electrons. The second kappa shape index (κ2) is 14.1. The topological polar surface area (TPSA) is 136 Å². The summed E-state index contributed by atoms with van der Waals surface area (Å²) < 4.78 is 33.0. The lowest BCUT2D eigenvalue weighted by Crippen LogP contribution is -2.50. The van der Waals surface area contributed by atoms with Gasteiger partial charge in [-0.3, -0.25) is 10.2 Å². The van der Waals surface area contributed by atoms with Crippen LogP contribution in [0.25, 0.3) is 22.0 Å². The van der Waals surface area contributed by atoms with E-state index in [4.69, 9.17) is 0 Å². The van der Waals surface area contributed by atoms with Crippen LogP contribution < -0.4 is 15.5 Å². The predicted molar refractivity (Wildman–Crippen MR) is 186 cm³/mol. The summed E-state index contributed by atoms with van der Waals surface area (Å²) in [7, 11) is -0.335. The fraction of sp³-hybridized carbons (Fsp3) is 0.438. The number of carbonyl (C=O) groups excluding carboxylic acids is 1. The zero-order valence-corrected chi connectivity index (χ0v) is 28.8. The van der Waals surface area contributed by atoms with E-state index in [2.05, 4.69) is 89.3 Å². The van der Waals surface area contributed by atoms with Gasteiger partial charge in [-0.05, 0) is 44.7 Å². The van der Waals surface area contributed by atoms with Gasteiger partial charge >= 0.3 is 6.09 Å². The molecule has 1 amide bonds. The summed E-state index contributed by atoms with van der Waals surface area (Å²) in [4.78, 5) is 32.0. The molecule has 4 aromatic rings. The van der Waals surface area contributed by atoms with Crippen molar-refractivity contribution in [1.82, 2.24) is 29.1 Å². The van der Waals surface area contributed by atoms with E-state index in [9.17, 15) is 13.2 Å². The number of hydrogen-bond acceptors (Lipinski definition) is 12. The third-order valence-electron chi connectivity index (χ3n) is 8.68. The Morgan fingerprint density at radius 2 is 1.72 bits per heavy atom. The molecule has 0 saturated carbocycles. The number of anilines is 3. The van der Waals surface area contributed by atoms with Crippen LogP contribution in [0.3, 0.4) is 0 Å². The summed E-state index contributed by atoms with van der Waals surface area (Å²) in [5, 5.41) is 7.17. The van der Waals surface area contributed by atoms with Crippen molar-refractivity contribution in [2.75, 3.05) is 88.6 Å². The third-order valence-corrected chi connectivity index (χ3v) is 12.2. The van der Waals surface area contributed by atoms with Crippen molar-refractivity contribution in [2.45, 2.75) is 24.1 Å². The van der Waals surface area contributed by atoms with Gasteiger partial charge in [0.1, 0.15) is 12.1 Å². The van der Waals surface area contributed by atoms with Crippen molar-refractivity contribution in [3.05, 3.63) is 54.5 Å². The van der Waals surface area contributed by atoms with Gasteiger partial charge < -0.3 is 19.9 Å². The molecule has 4 heterocycles. The number of thiazole rings is 1. The molecule has 2 N–H and O–H groups in total. The molecular weight excluding hydrogens is 639 g/mol. The number of aryl methyl sites for hydroxylation is 1. The van der Waals surface area contributed by atoms with Crippen LogP contribution in [0, 0.1) is 6.92 Å². The Kier molecular flexibility index (Phi) is 9.89. The number of nitrogens with zero attached hydrogens (tertiary/aromatic N) is 7. The van der Waals surface area contributed by atoms with Gasteiger partial charge in [0.2, 0.25) is 0 Å². The highest BCUT2D eigenvalue weighted by Gasteiger charge is 2.32. The Balaban J connectivity index is 1.08. The van der Waals surface area contributed by atoms with Gasteiger partial charge in [0.15, 0.2) is 9.34 Å². The van der Waals surface area contributed by atoms with Crippen molar-refractivity contribution >= 4 is 55.0 Å². The highest BCUT2D eigenvalue weighted by Crippen LogP contribution is 2.32. The molecule has 15 heteroatoms. The van der Waals surface area contributed by atoms with Crippen LogP contribution in [0.5, 0.6) is 0 Å². The summed E-state index contributed by atoms with van der Waals surface area (Å²) >= 11 is 0.932. The number of aromatic nitrogens is 3. The van der Waals surface area contributed by atoms with Crippen molar-refractivity contribution in [1.29, 1.82) is 0 Å². The van der Waals surface area contributed by atoms with Gasteiger partial charge in [0.25, 0.3) is 10.0 Å². The number of rotatable bonds is 9. The normalized spacial score (nSPS) is 17.5. The molecule has 250 valence electrons. The van der Waals surface area contributed by atoms with E-state index in [1.54, 1.807) is 13.3 Å². The summed E-state index contributed by atoms with van der Waals surface area (Å²) in [5.74, 6) is 0.775. The average molecular weight is 680 g/mol. The van der Waals surface area contributed by atoms with Crippen molar-refractivity contribution in [3.8, 4) is 11.1 Å². The van der Waals surface area contributed by atoms with E-state index < -0.39 is 16.1 Å². The quantitative estimate of drug-likeness (QED) is 0.267. The number of carbonyl (C=O) groups is 1. The zero-order valence-electron chi connectivity index (χ0n) is 27.1. The number of sulfonamides is 1. The van der Waals surface area contributed by atoms with Gasteiger partial charge in [0, 0.05) is 81.6 Å². The summed E-state index contributed by atoms with van der Waals surface area (Å²) in [6.45, 7) is 10.6. The molecule has 1 unspecified atom stereocenters. The molecule has 0 bridgehead atoms. The lowest BCUT2D eigenvalue weighted by molar-refractivity contribution is 0.184. The third kappa shape index (κ3) is 7.33. The van der Waals surface area contributed by atoms with E-state index in [0.717, 1.165) is 71.9 Å². The minimum Gasteiger partial charge on any atom is -0.453 e.